The second-order valence-electron chi connectivity index (χ2n) is 9.38. The van der Waals surface area contributed by atoms with Gasteiger partial charge < -0.3 is 10.1 Å². The van der Waals surface area contributed by atoms with Crippen LogP contribution < -0.4 is 10.1 Å². The zero-order chi connectivity index (χ0) is 23.7. The van der Waals surface area contributed by atoms with E-state index in [0.29, 0.717) is 19.5 Å². The Morgan fingerprint density at radius 2 is 1.71 bits per heavy atom. The molecule has 0 unspecified atom stereocenters. The van der Waals surface area contributed by atoms with E-state index in [0.717, 1.165) is 41.8 Å². The summed E-state index contributed by atoms with van der Waals surface area (Å²) in [6.45, 7) is 2.08. The molecule has 2 heterocycles. The van der Waals surface area contributed by atoms with Gasteiger partial charge in [0.25, 0.3) is 0 Å². The lowest BCUT2D eigenvalue weighted by Gasteiger charge is -2.39. The Hall–Kier alpha value is -3.25. The molecule has 0 aromatic heterocycles. The highest BCUT2D eigenvalue weighted by Gasteiger charge is 2.49. The molecule has 2 aliphatic rings. The first kappa shape index (κ1) is 22.5. The van der Waals surface area contributed by atoms with Gasteiger partial charge in [0.05, 0.1) is 12.6 Å². The fourth-order valence-corrected chi connectivity index (χ4v) is 5.47. The maximum atomic E-state index is 14.0. The molecule has 1 N–H and O–H groups in total. The van der Waals surface area contributed by atoms with Gasteiger partial charge in [0.1, 0.15) is 5.75 Å². The molecule has 4 nitrogen and oxygen atoms in total. The van der Waals surface area contributed by atoms with Crippen LogP contribution in [-0.4, -0.2) is 36.5 Å². The van der Waals surface area contributed by atoms with Crippen LogP contribution in [0.4, 0.5) is 8.78 Å². The lowest BCUT2D eigenvalue weighted by molar-refractivity contribution is -0.125. The molecule has 2 aliphatic heterocycles. The summed E-state index contributed by atoms with van der Waals surface area (Å²) in [4.78, 5) is 14.6. The Morgan fingerprint density at radius 1 is 1.00 bits per heavy atom. The smallest absolute Gasteiger partial charge is 0.220 e. The summed E-state index contributed by atoms with van der Waals surface area (Å²) < 4.78 is 32.9. The van der Waals surface area contributed by atoms with Crippen LogP contribution in [-0.2, 0) is 11.3 Å². The van der Waals surface area contributed by atoms with E-state index in [9.17, 15) is 13.6 Å². The predicted molar refractivity (Wildman–Crippen MR) is 128 cm³/mol. The van der Waals surface area contributed by atoms with Gasteiger partial charge in [0.15, 0.2) is 11.6 Å². The highest BCUT2D eigenvalue weighted by atomic mass is 19.2. The van der Waals surface area contributed by atoms with Gasteiger partial charge in [-0.2, -0.15) is 0 Å². The fraction of sp³-hybridized carbons (Fsp3) is 0.321. The SMILES string of the molecule is COc1ccc(-c2ccc(CN3C[C@@H](c4ccc(F)c(F)c4)[C@@]4(CCCC(=O)N4)C3)cc2)cc1. The Kier molecular flexibility index (Phi) is 6.09. The Morgan fingerprint density at radius 3 is 2.35 bits per heavy atom. The lowest BCUT2D eigenvalue weighted by Crippen LogP contribution is -2.56. The van der Waals surface area contributed by atoms with E-state index in [1.54, 1.807) is 13.2 Å². The van der Waals surface area contributed by atoms with E-state index >= 15 is 0 Å². The molecular formula is C28H28F2N2O2. The number of halogens is 2. The molecule has 5 rings (SSSR count). The molecule has 2 fully saturated rings. The van der Waals surface area contributed by atoms with Crippen molar-refractivity contribution < 1.29 is 18.3 Å². The number of carbonyl (C=O) groups is 1. The van der Waals surface area contributed by atoms with Crippen LogP contribution in [0.25, 0.3) is 11.1 Å². The van der Waals surface area contributed by atoms with Crippen LogP contribution in [0.15, 0.2) is 66.7 Å². The first-order valence-electron chi connectivity index (χ1n) is 11.7. The average Bonchev–Trinajstić information content (AvgIpc) is 3.17. The first-order chi connectivity index (χ1) is 16.5. The standard InChI is InChI=1S/C28H28F2N2O2/c1-34-23-11-8-21(9-12-23)20-6-4-19(5-7-20)16-32-17-24(22-10-13-25(29)26(30)15-22)28(18-32)14-2-3-27(33)31-28/h4-13,15,24H,2-3,14,16-18H2,1H3,(H,31,33)/t24-,28+/m0/s1. The summed E-state index contributed by atoms with van der Waals surface area (Å²) in [6, 6.07) is 20.6. The fourth-order valence-electron chi connectivity index (χ4n) is 5.47. The molecule has 0 aliphatic carbocycles. The lowest BCUT2D eigenvalue weighted by atomic mass is 9.76. The number of likely N-dealkylation sites (tertiary alicyclic amines) is 1. The maximum absolute atomic E-state index is 14.0. The minimum atomic E-state index is -0.850. The number of carbonyl (C=O) groups excluding carboxylic acids is 1. The molecule has 1 spiro atoms. The van der Waals surface area contributed by atoms with Crippen LogP contribution >= 0.6 is 0 Å². The van der Waals surface area contributed by atoms with Crippen molar-refractivity contribution in [1.29, 1.82) is 0 Å². The molecule has 2 saturated heterocycles. The number of ether oxygens (including phenoxy) is 1. The molecule has 6 heteroatoms. The van der Waals surface area contributed by atoms with E-state index < -0.39 is 17.2 Å². The molecule has 3 aromatic carbocycles. The first-order valence-corrected chi connectivity index (χ1v) is 11.7. The van der Waals surface area contributed by atoms with Crippen LogP contribution in [0.3, 0.4) is 0 Å². The minimum absolute atomic E-state index is 0.0320. The van der Waals surface area contributed by atoms with E-state index in [-0.39, 0.29) is 11.8 Å². The monoisotopic (exact) mass is 462 g/mol. The van der Waals surface area contributed by atoms with E-state index in [4.69, 9.17) is 4.74 Å². The third-order valence-corrected chi connectivity index (χ3v) is 7.16. The second kappa shape index (κ2) is 9.18. The van der Waals surface area contributed by atoms with Gasteiger partial charge in [0.2, 0.25) is 5.91 Å². The van der Waals surface area contributed by atoms with E-state index in [1.807, 2.05) is 24.3 Å². The number of piperidine rings is 1. The summed E-state index contributed by atoms with van der Waals surface area (Å²) in [7, 11) is 1.65. The van der Waals surface area contributed by atoms with Crippen molar-refractivity contribution in [3.63, 3.8) is 0 Å². The zero-order valence-electron chi connectivity index (χ0n) is 19.2. The maximum Gasteiger partial charge on any atom is 0.220 e. The van der Waals surface area contributed by atoms with Gasteiger partial charge in [-0.15, -0.1) is 0 Å². The largest absolute Gasteiger partial charge is 0.497 e. The van der Waals surface area contributed by atoms with Gasteiger partial charge in [0, 0.05) is 32.0 Å². The normalized spacial score (nSPS) is 22.7. The molecule has 0 saturated carbocycles. The molecule has 176 valence electrons. The number of methoxy groups -OCH3 is 1. The molecule has 3 aromatic rings. The minimum Gasteiger partial charge on any atom is -0.497 e. The van der Waals surface area contributed by atoms with Crippen molar-refractivity contribution in [2.24, 2.45) is 0 Å². The van der Waals surface area contributed by atoms with Gasteiger partial charge in [-0.05, 0) is 59.4 Å². The van der Waals surface area contributed by atoms with Crippen LogP contribution in [0.1, 0.15) is 36.3 Å². The number of rotatable bonds is 5. The summed E-state index contributed by atoms with van der Waals surface area (Å²) in [6.07, 6.45) is 2.14. The summed E-state index contributed by atoms with van der Waals surface area (Å²) >= 11 is 0. The van der Waals surface area contributed by atoms with Crippen molar-refractivity contribution in [3.05, 3.63) is 89.5 Å². The summed E-state index contributed by atoms with van der Waals surface area (Å²) in [5.74, 6) is -0.927. The third-order valence-electron chi connectivity index (χ3n) is 7.16. The van der Waals surface area contributed by atoms with Gasteiger partial charge in [-0.25, -0.2) is 8.78 Å². The van der Waals surface area contributed by atoms with E-state index in [1.165, 1.54) is 17.7 Å². The Bertz CT molecular complexity index is 1180. The van der Waals surface area contributed by atoms with Crippen LogP contribution in [0.2, 0.25) is 0 Å². The van der Waals surface area contributed by atoms with Crippen molar-refractivity contribution in [1.82, 2.24) is 10.2 Å². The van der Waals surface area contributed by atoms with Gasteiger partial charge >= 0.3 is 0 Å². The Labute approximate surface area is 198 Å². The number of nitrogens with zero attached hydrogens (tertiary/aromatic N) is 1. The van der Waals surface area contributed by atoms with Gasteiger partial charge in [-0.3, -0.25) is 9.69 Å². The van der Waals surface area contributed by atoms with E-state index in [2.05, 4.69) is 34.5 Å². The number of hydrogen-bond acceptors (Lipinski definition) is 3. The average molecular weight is 463 g/mol. The van der Waals surface area contributed by atoms with Crippen LogP contribution in [0.5, 0.6) is 5.75 Å². The molecule has 1 amide bonds. The van der Waals surface area contributed by atoms with Gasteiger partial charge in [-0.1, -0.05) is 42.5 Å². The van der Waals surface area contributed by atoms with Crippen molar-refractivity contribution in [2.45, 2.75) is 37.3 Å². The number of benzene rings is 3. The number of amides is 1. The van der Waals surface area contributed by atoms with Crippen molar-refractivity contribution in [3.8, 4) is 16.9 Å². The highest BCUT2D eigenvalue weighted by molar-refractivity contribution is 5.78. The zero-order valence-corrected chi connectivity index (χ0v) is 19.2. The van der Waals surface area contributed by atoms with Crippen molar-refractivity contribution in [2.75, 3.05) is 20.2 Å². The highest BCUT2D eigenvalue weighted by Crippen LogP contribution is 2.42. The molecule has 2 atom stereocenters. The molecule has 0 radical (unpaired) electrons. The quantitative estimate of drug-likeness (QED) is 0.561. The number of hydrogen-bond donors (Lipinski definition) is 1. The van der Waals surface area contributed by atoms with Crippen molar-refractivity contribution >= 4 is 5.91 Å². The summed E-state index contributed by atoms with van der Waals surface area (Å²) in [5.41, 5.74) is 3.70. The summed E-state index contributed by atoms with van der Waals surface area (Å²) in [5, 5.41) is 3.22. The molecule has 0 bridgehead atoms. The number of nitrogens with one attached hydrogen (secondary N) is 1. The topological polar surface area (TPSA) is 41.6 Å². The second-order valence-corrected chi connectivity index (χ2v) is 9.38. The third kappa shape index (κ3) is 4.42. The Balaban J connectivity index is 1.35. The molecular weight excluding hydrogens is 434 g/mol. The van der Waals surface area contributed by atoms with Crippen LogP contribution in [0, 0.1) is 11.6 Å². The molecule has 34 heavy (non-hydrogen) atoms. The predicted octanol–water partition coefficient (Wildman–Crippen LogP) is 5.28.